The molecule has 1 atom stereocenters. The normalized spacial score (nSPS) is 12.4. The molecular formula is C21H22F3N3O3S. The van der Waals surface area contributed by atoms with Gasteiger partial charge in [-0.05, 0) is 54.8 Å². The molecule has 0 radical (unpaired) electrons. The molecule has 1 unspecified atom stereocenters. The number of hydrogen-bond donors (Lipinski definition) is 2. The Bertz CT molecular complexity index is 918. The molecule has 0 heterocycles. The van der Waals surface area contributed by atoms with Crippen molar-refractivity contribution in [3.8, 4) is 5.75 Å². The number of benzene rings is 2. The van der Waals surface area contributed by atoms with Crippen LogP contribution in [0.2, 0.25) is 0 Å². The second-order valence-corrected chi connectivity index (χ2v) is 7.34. The van der Waals surface area contributed by atoms with Crippen molar-refractivity contribution >= 4 is 29.8 Å². The Kier molecular flexibility index (Phi) is 8.92. The Morgan fingerprint density at radius 3 is 2.45 bits per heavy atom. The summed E-state index contributed by atoms with van der Waals surface area (Å²) < 4.78 is 43.3. The molecule has 31 heavy (non-hydrogen) atoms. The van der Waals surface area contributed by atoms with Gasteiger partial charge in [-0.3, -0.25) is 9.59 Å². The number of hydrazone groups is 1. The number of ether oxygens (including phenoxy) is 1. The van der Waals surface area contributed by atoms with Crippen LogP contribution in [0.1, 0.15) is 27.9 Å². The number of thioether (sulfide) groups is 1. The van der Waals surface area contributed by atoms with Crippen LogP contribution < -0.4 is 15.5 Å². The molecule has 0 saturated carbocycles. The zero-order chi connectivity index (χ0) is 22.9. The molecule has 2 amide bonds. The third-order valence-corrected chi connectivity index (χ3v) is 4.87. The van der Waals surface area contributed by atoms with Crippen LogP contribution in [0.15, 0.2) is 53.6 Å². The van der Waals surface area contributed by atoms with Gasteiger partial charge >= 0.3 is 6.18 Å². The lowest BCUT2D eigenvalue weighted by Gasteiger charge is -2.17. The predicted octanol–water partition coefficient (Wildman–Crippen LogP) is 3.72. The topological polar surface area (TPSA) is 79.8 Å². The van der Waals surface area contributed by atoms with Crippen LogP contribution in [0.25, 0.3) is 0 Å². The first-order valence-corrected chi connectivity index (χ1v) is 10.6. The lowest BCUT2D eigenvalue weighted by molar-refractivity contribution is -0.137. The molecular weight excluding hydrogens is 431 g/mol. The summed E-state index contributed by atoms with van der Waals surface area (Å²) in [6, 6.07) is 9.97. The van der Waals surface area contributed by atoms with Crippen molar-refractivity contribution in [3.63, 3.8) is 0 Å². The van der Waals surface area contributed by atoms with Crippen LogP contribution in [0.4, 0.5) is 13.2 Å². The fourth-order valence-corrected chi connectivity index (χ4v) is 3.04. The highest BCUT2D eigenvalue weighted by atomic mass is 32.2. The molecule has 0 aliphatic rings. The van der Waals surface area contributed by atoms with Crippen molar-refractivity contribution in [2.24, 2.45) is 5.10 Å². The third-order valence-electron chi connectivity index (χ3n) is 4.22. The minimum Gasteiger partial charge on any atom is -0.496 e. The molecule has 0 aliphatic carbocycles. The first-order valence-electron chi connectivity index (χ1n) is 9.19. The largest absolute Gasteiger partial charge is 0.496 e. The average molecular weight is 453 g/mol. The minimum absolute atomic E-state index is 0.0208. The van der Waals surface area contributed by atoms with Crippen LogP contribution in [0.3, 0.4) is 0 Å². The van der Waals surface area contributed by atoms with E-state index in [9.17, 15) is 22.8 Å². The van der Waals surface area contributed by atoms with Gasteiger partial charge in [0.15, 0.2) is 0 Å². The number of alkyl halides is 3. The Morgan fingerprint density at radius 2 is 1.84 bits per heavy atom. The highest BCUT2D eigenvalue weighted by Crippen LogP contribution is 2.29. The molecule has 2 N–H and O–H groups in total. The maximum absolute atomic E-state index is 12.7. The lowest BCUT2D eigenvalue weighted by Crippen LogP contribution is -2.45. The highest BCUT2D eigenvalue weighted by Gasteiger charge is 2.30. The predicted molar refractivity (Wildman–Crippen MR) is 114 cm³/mol. The number of nitrogens with one attached hydrogen (secondary N) is 2. The number of amides is 2. The Morgan fingerprint density at radius 1 is 1.16 bits per heavy atom. The molecule has 166 valence electrons. The van der Waals surface area contributed by atoms with Gasteiger partial charge in [0, 0.05) is 11.1 Å². The van der Waals surface area contributed by atoms with Crippen LogP contribution in [-0.2, 0) is 11.0 Å². The summed E-state index contributed by atoms with van der Waals surface area (Å²) in [5.41, 5.74) is 2.20. The summed E-state index contributed by atoms with van der Waals surface area (Å²) in [4.78, 5) is 24.9. The molecule has 0 aromatic heterocycles. The number of hydrogen-bond acceptors (Lipinski definition) is 5. The number of carbonyl (C=O) groups excluding carboxylic acids is 2. The van der Waals surface area contributed by atoms with Crippen LogP contribution >= 0.6 is 11.8 Å². The Labute approximate surface area is 182 Å². The summed E-state index contributed by atoms with van der Waals surface area (Å²) in [6.07, 6.45) is -0.898. The van der Waals surface area contributed by atoms with Gasteiger partial charge < -0.3 is 10.1 Å². The van der Waals surface area contributed by atoms with Crippen molar-refractivity contribution in [3.05, 3.63) is 65.2 Å². The van der Waals surface area contributed by atoms with Crippen molar-refractivity contribution in [1.82, 2.24) is 10.7 Å². The van der Waals surface area contributed by atoms with E-state index in [0.29, 0.717) is 23.5 Å². The standard InChI is InChI=1S/C21H22F3N3O3S/c1-30-18-6-4-3-5-15(18)13-25-27-20(29)17(11-12-31-2)26-19(28)14-7-9-16(10-8-14)21(22,23)24/h3-10,13,17H,11-12H2,1-2H3,(H,26,28)(H,27,29). The lowest BCUT2D eigenvalue weighted by atomic mass is 10.1. The quantitative estimate of drug-likeness (QED) is 0.448. The number of para-hydroxylation sites is 1. The van der Waals surface area contributed by atoms with Gasteiger partial charge in [0.1, 0.15) is 11.8 Å². The molecule has 0 fully saturated rings. The van der Waals surface area contributed by atoms with Gasteiger partial charge in [-0.2, -0.15) is 30.0 Å². The molecule has 0 aliphatic heterocycles. The average Bonchev–Trinajstić information content (AvgIpc) is 2.76. The molecule has 2 aromatic rings. The van der Waals surface area contributed by atoms with E-state index in [1.54, 1.807) is 24.3 Å². The van der Waals surface area contributed by atoms with E-state index in [4.69, 9.17) is 4.74 Å². The number of rotatable bonds is 9. The maximum Gasteiger partial charge on any atom is 0.416 e. The van der Waals surface area contributed by atoms with Gasteiger partial charge in [-0.1, -0.05) is 12.1 Å². The fourth-order valence-electron chi connectivity index (χ4n) is 2.57. The van der Waals surface area contributed by atoms with E-state index in [0.717, 1.165) is 24.3 Å². The molecule has 0 bridgehead atoms. The number of methoxy groups -OCH3 is 1. The molecule has 2 rings (SSSR count). The number of nitrogens with zero attached hydrogens (tertiary/aromatic N) is 1. The van der Waals surface area contributed by atoms with Gasteiger partial charge in [-0.25, -0.2) is 5.43 Å². The van der Waals surface area contributed by atoms with E-state index in [2.05, 4.69) is 15.8 Å². The molecule has 10 heteroatoms. The molecule has 0 spiro atoms. The summed E-state index contributed by atoms with van der Waals surface area (Å²) in [7, 11) is 1.51. The molecule has 2 aromatic carbocycles. The molecule has 0 saturated heterocycles. The zero-order valence-corrected chi connectivity index (χ0v) is 17.7. The van der Waals surface area contributed by atoms with E-state index in [1.165, 1.54) is 25.1 Å². The van der Waals surface area contributed by atoms with Crippen molar-refractivity contribution < 1.29 is 27.5 Å². The van der Waals surface area contributed by atoms with E-state index >= 15 is 0 Å². The molecule has 6 nitrogen and oxygen atoms in total. The second-order valence-electron chi connectivity index (χ2n) is 6.36. The van der Waals surface area contributed by atoms with Crippen LogP contribution in [0, 0.1) is 0 Å². The van der Waals surface area contributed by atoms with Gasteiger partial charge in [0.05, 0.1) is 18.9 Å². The first kappa shape index (κ1) is 24.3. The summed E-state index contributed by atoms with van der Waals surface area (Å²) in [6.45, 7) is 0. The monoisotopic (exact) mass is 453 g/mol. The van der Waals surface area contributed by atoms with E-state index < -0.39 is 29.6 Å². The minimum atomic E-state index is -4.49. The Balaban J connectivity index is 2.05. The highest BCUT2D eigenvalue weighted by molar-refractivity contribution is 7.98. The SMILES string of the molecule is COc1ccccc1C=NNC(=O)C(CCSC)NC(=O)c1ccc(C(F)(F)F)cc1. The first-order chi connectivity index (χ1) is 14.8. The van der Waals surface area contributed by atoms with E-state index in [1.807, 2.05) is 6.26 Å². The fraction of sp³-hybridized carbons (Fsp3) is 0.286. The number of carbonyl (C=O) groups is 2. The van der Waals surface area contributed by atoms with E-state index in [-0.39, 0.29) is 5.56 Å². The number of halogens is 3. The van der Waals surface area contributed by atoms with Crippen molar-refractivity contribution in [2.75, 3.05) is 19.1 Å². The van der Waals surface area contributed by atoms with Gasteiger partial charge in [0.25, 0.3) is 11.8 Å². The summed E-state index contributed by atoms with van der Waals surface area (Å²) in [5.74, 6) is -0.0269. The van der Waals surface area contributed by atoms with Crippen molar-refractivity contribution in [1.29, 1.82) is 0 Å². The van der Waals surface area contributed by atoms with Crippen LogP contribution in [-0.4, -0.2) is 43.2 Å². The summed E-state index contributed by atoms with van der Waals surface area (Å²) in [5, 5.41) is 6.46. The zero-order valence-electron chi connectivity index (χ0n) is 16.9. The second kappa shape index (κ2) is 11.4. The summed E-state index contributed by atoms with van der Waals surface area (Å²) >= 11 is 1.49. The van der Waals surface area contributed by atoms with Crippen LogP contribution in [0.5, 0.6) is 5.75 Å². The van der Waals surface area contributed by atoms with Crippen molar-refractivity contribution in [2.45, 2.75) is 18.6 Å². The van der Waals surface area contributed by atoms with Gasteiger partial charge in [0.2, 0.25) is 0 Å². The third kappa shape index (κ3) is 7.32. The smallest absolute Gasteiger partial charge is 0.416 e. The maximum atomic E-state index is 12.7. The Hall–Kier alpha value is -3.01. The van der Waals surface area contributed by atoms with Gasteiger partial charge in [-0.15, -0.1) is 0 Å².